The van der Waals surface area contributed by atoms with Crippen molar-refractivity contribution in [3.8, 4) is 0 Å². The summed E-state index contributed by atoms with van der Waals surface area (Å²) in [6.45, 7) is 7.29. The highest BCUT2D eigenvalue weighted by Crippen LogP contribution is 2.31. The fourth-order valence-corrected chi connectivity index (χ4v) is 5.72. The Bertz CT molecular complexity index is 1690. The number of benzene rings is 2. The molecule has 0 unspecified atom stereocenters. The summed E-state index contributed by atoms with van der Waals surface area (Å²) >= 11 is 0.990. The fourth-order valence-electron chi connectivity index (χ4n) is 3.39. The number of hydrogen-bond donors (Lipinski definition) is 0. The predicted octanol–water partition coefficient (Wildman–Crippen LogP) is 4.98. The summed E-state index contributed by atoms with van der Waals surface area (Å²) in [5.41, 5.74) is 0.491. The van der Waals surface area contributed by atoms with Crippen molar-refractivity contribution in [2.24, 2.45) is 5.10 Å². The largest absolute Gasteiger partial charge is 0.433 e. The summed E-state index contributed by atoms with van der Waals surface area (Å²) in [6, 6.07) is 11.6. The van der Waals surface area contributed by atoms with Gasteiger partial charge < -0.3 is 4.42 Å². The van der Waals surface area contributed by atoms with Crippen LogP contribution in [0.25, 0.3) is 10.2 Å². The number of halogens is 1. The standard InChI is InChI=1S/C25H20FN5O6S2/c1-3-13-29(14-4-2)39(35,36)20-9-5-17(6-10-20)24(32)30(27-16-19-8-12-23(37-19)31(33)34)25-28-21-11-7-18(26)15-22(21)38-25/h3-12,15-16H,1-2,13-14H2/b27-16+. The molecule has 0 fully saturated rings. The van der Waals surface area contributed by atoms with Gasteiger partial charge in [-0.3, -0.25) is 14.9 Å². The lowest BCUT2D eigenvalue weighted by Crippen LogP contribution is -2.31. The molecule has 0 atom stereocenters. The number of rotatable bonds is 11. The molecule has 0 spiro atoms. The summed E-state index contributed by atoms with van der Waals surface area (Å²) in [7, 11) is -3.89. The number of amides is 1. The second-order valence-corrected chi connectivity index (χ2v) is 10.8. The van der Waals surface area contributed by atoms with Gasteiger partial charge in [0.05, 0.1) is 27.4 Å². The van der Waals surface area contributed by atoms with Crippen LogP contribution in [0.4, 0.5) is 15.4 Å². The number of thiazole rings is 1. The Morgan fingerprint density at radius 1 is 1.13 bits per heavy atom. The third-order valence-electron chi connectivity index (χ3n) is 5.21. The van der Waals surface area contributed by atoms with Gasteiger partial charge in [-0.1, -0.05) is 23.5 Å². The van der Waals surface area contributed by atoms with Crippen LogP contribution in [0.3, 0.4) is 0 Å². The van der Waals surface area contributed by atoms with Crippen LogP contribution in [0.5, 0.6) is 0 Å². The summed E-state index contributed by atoms with van der Waals surface area (Å²) in [5, 5.41) is 16.0. The molecule has 0 saturated carbocycles. The first kappa shape index (κ1) is 27.5. The molecule has 4 aromatic rings. The van der Waals surface area contributed by atoms with E-state index in [1.807, 2.05) is 0 Å². The van der Waals surface area contributed by atoms with E-state index in [9.17, 15) is 27.7 Å². The molecule has 0 aliphatic carbocycles. The molecule has 11 nitrogen and oxygen atoms in total. The Kier molecular flexibility index (Phi) is 8.09. The Labute approximate surface area is 226 Å². The Hall–Kier alpha value is -4.53. The number of nitrogens with zero attached hydrogens (tertiary/aromatic N) is 5. The van der Waals surface area contributed by atoms with Crippen LogP contribution in [-0.4, -0.2) is 47.8 Å². The van der Waals surface area contributed by atoms with Gasteiger partial charge in [-0.2, -0.15) is 14.4 Å². The Morgan fingerprint density at radius 3 is 2.44 bits per heavy atom. The van der Waals surface area contributed by atoms with E-state index < -0.39 is 32.6 Å². The highest BCUT2D eigenvalue weighted by molar-refractivity contribution is 7.89. The monoisotopic (exact) mass is 569 g/mol. The summed E-state index contributed by atoms with van der Waals surface area (Å²) in [4.78, 5) is 28.0. The summed E-state index contributed by atoms with van der Waals surface area (Å²) < 4.78 is 46.4. The van der Waals surface area contributed by atoms with Gasteiger partial charge in [0.15, 0.2) is 5.76 Å². The first-order valence-electron chi connectivity index (χ1n) is 11.1. The molecule has 0 aliphatic rings. The maximum Gasteiger partial charge on any atom is 0.433 e. The number of furan rings is 1. The number of carbonyl (C=O) groups excluding carboxylic acids is 1. The number of aromatic nitrogens is 1. The second-order valence-electron chi connectivity index (χ2n) is 7.83. The average Bonchev–Trinajstić information content (AvgIpc) is 3.56. The molecule has 0 bridgehead atoms. The van der Waals surface area contributed by atoms with E-state index >= 15 is 0 Å². The molecular weight excluding hydrogens is 549 g/mol. The molecule has 0 N–H and O–H groups in total. The molecule has 2 aromatic heterocycles. The van der Waals surface area contributed by atoms with Crippen LogP contribution < -0.4 is 5.01 Å². The first-order valence-corrected chi connectivity index (χ1v) is 13.4. The molecular formula is C25H20FN5O6S2. The zero-order valence-electron chi connectivity index (χ0n) is 20.1. The molecule has 39 heavy (non-hydrogen) atoms. The quantitative estimate of drug-likeness (QED) is 0.107. The SMILES string of the molecule is C=CCN(CC=C)S(=O)(=O)c1ccc(C(=O)N(/N=C/c2ccc([N+](=O)[O-])o2)c2nc3ccc(F)cc3s2)cc1. The van der Waals surface area contributed by atoms with Gasteiger partial charge in [0.2, 0.25) is 15.2 Å². The number of carbonyl (C=O) groups is 1. The van der Waals surface area contributed by atoms with Gasteiger partial charge >= 0.3 is 5.88 Å². The van der Waals surface area contributed by atoms with E-state index in [1.54, 1.807) is 0 Å². The molecule has 2 heterocycles. The molecule has 4 rings (SSSR count). The first-order chi connectivity index (χ1) is 18.6. The number of sulfonamides is 1. The van der Waals surface area contributed by atoms with Crippen LogP contribution >= 0.6 is 11.3 Å². The minimum atomic E-state index is -3.89. The van der Waals surface area contributed by atoms with Crippen LogP contribution in [0.15, 0.2) is 94.3 Å². The van der Waals surface area contributed by atoms with Gasteiger partial charge in [-0.05, 0) is 48.5 Å². The Morgan fingerprint density at radius 2 is 1.82 bits per heavy atom. The van der Waals surface area contributed by atoms with Crippen molar-refractivity contribution < 1.29 is 26.9 Å². The molecule has 0 saturated heterocycles. The van der Waals surface area contributed by atoms with Crippen molar-refractivity contribution in [1.29, 1.82) is 0 Å². The van der Waals surface area contributed by atoms with Gasteiger partial charge in [0.25, 0.3) is 5.91 Å². The summed E-state index contributed by atoms with van der Waals surface area (Å²) in [6.07, 6.45) is 4.00. The van der Waals surface area contributed by atoms with E-state index in [0.29, 0.717) is 10.2 Å². The number of anilines is 1. The highest BCUT2D eigenvalue weighted by atomic mass is 32.2. The topological polar surface area (TPSA) is 139 Å². The number of nitro groups is 1. The van der Waals surface area contributed by atoms with Crippen LogP contribution in [-0.2, 0) is 10.0 Å². The van der Waals surface area contributed by atoms with Crippen molar-refractivity contribution in [2.75, 3.05) is 18.1 Å². The second kappa shape index (κ2) is 11.5. The summed E-state index contributed by atoms with van der Waals surface area (Å²) in [5.74, 6) is -1.69. The fraction of sp³-hybridized carbons (Fsp3) is 0.0800. The minimum absolute atomic E-state index is 0.00220. The van der Waals surface area contributed by atoms with Crippen LogP contribution in [0, 0.1) is 15.9 Å². The van der Waals surface area contributed by atoms with E-state index in [4.69, 9.17) is 4.42 Å². The molecule has 2 aromatic carbocycles. The smallest absolute Gasteiger partial charge is 0.400 e. The maximum atomic E-state index is 13.7. The third-order valence-corrected chi connectivity index (χ3v) is 8.05. The number of hydrazone groups is 1. The van der Waals surface area contributed by atoms with Gasteiger partial charge in [-0.15, -0.1) is 13.2 Å². The van der Waals surface area contributed by atoms with Gasteiger partial charge in [-0.25, -0.2) is 17.8 Å². The number of hydrogen-bond acceptors (Lipinski definition) is 9. The van der Waals surface area contributed by atoms with Crippen molar-refractivity contribution in [3.63, 3.8) is 0 Å². The van der Waals surface area contributed by atoms with E-state index in [1.165, 1.54) is 65.0 Å². The van der Waals surface area contributed by atoms with Crippen molar-refractivity contribution in [2.45, 2.75) is 4.90 Å². The van der Waals surface area contributed by atoms with Gasteiger partial charge in [0.1, 0.15) is 10.7 Å². The van der Waals surface area contributed by atoms with Gasteiger partial charge in [0, 0.05) is 18.7 Å². The molecule has 0 radical (unpaired) electrons. The number of fused-ring (bicyclic) bond motifs is 1. The van der Waals surface area contributed by atoms with Crippen molar-refractivity contribution in [1.82, 2.24) is 9.29 Å². The van der Waals surface area contributed by atoms with Crippen LogP contribution in [0.1, 0.15) is 16.1 Å². The van der Waals surface area contributed by atoms with E-state index in [2.05, 4.69) is 23.2 Å². The normalized spacial score (nSPS) is 11.7. The minimum Gasteiger partial charge on any atom is -0.400 e. The molecule has 1 amide bonds. The third kappa shape index (κ3) is 5.98. The highest BCUT2D eigenvalue weighted by Gasteiger charge is 2.25. The maximum absolute atomic E-state index is 13.7. The van der Waals surface area contributed by atoms with E-state index in [-0.39, 0.29) is 34.4 Å². The zero-order valence-corrected chi connectivity index (χ0v) is 21.8. The lowest BCUT2D eigenvalue weighted by molar-refractivity contribution is -0.402. The molecule has 14 heteroatoms. The average molecular weight is 570 g/mol. The van der Waals surface area contributed by atoms with Crippen molar-refractivity contribution >= 4 is 54.7 Å². The molecule has 0 aliphatic heterocycles. The lowest BCUT2D eigenvalue weighted by Gasteiger charge is -2.19. The van der Waals surface area contributed by atoms with Crippen LogP contribution in [0.2, 0.25) is 0 Å². The lowest BCUT2D eigenvalue weighted by atomic mass is 10.2. The Balaban J connectivity index is 1.70. The van der Waals surface area contributed by atoms with E-state index in [0.717, 1.165) is 28.6 Å². The van der Waals surface area contributed by atoms with Crippen molar-refractivity contribution in [3.05, 3.63) is 107 Å². The zero-order chi connectivity index (χ0) is 28.2. The predicted molar refractivity (Wildman–Crippen MR) is 145 cm³/mol. The molecule has 200 valence electrons.